The van der Waals surface area contributed by atoms with Crippen molar-refractivity contribution in [1.29, 1.82) is 0 Å². The van der Waals surface area contributed by atoms with E-state index in [1.165, 1.54) is 24.8 Å². The average Bonchev–Trinajstić information content (AvgIpc) is 2.75. The van der Waals surface area contributed by atoms with Gasteiger partial charge in [-0.25, -0.2) is 4.98 Å². The third-order valence-electron chi connectivity index (χ3n) is 4.04. The molecule has 0 spiro atoms. The Kier molecular flexibility index (Phi) is 4.00. The summed E-state index contributed by atoms with van der Waals surface area (Å²) < 4.78 is 0. The Hall–Kier alpha value is -1.09. The van der Waals surface area contributed by atoms with Crippen LogP contribution in [0.3, 0.4) is 0 Å². The molecule has 1 aromatic heterocycles. The van der Waals surface area contributed by atoms with Crippen LogP contribution in [0.15, 0.2) is 18.3 Å². The summed E-state index contributed by atoms with van der Waals surface area (Å²) in [5.41, 5.74) is 7.08. The Morgan fingerprint density at radius 1 is 1.53 bits per heavy atom. The predicted octanol–water partition coefficient (Wildman–Crippen LogP) is 2.23. The van der Waals surface area contributed by atoms with E-state index in [9.17, 15) is 0 Å². The molecule has 0 amide bonds. The van der Waals surface area contributed by atoms with Gasteiger partial charge in [-0.2, -0.15) is 0 Å². The molecule has 1 aliphatic carbocycles. The van der Waals surface area contributed by atoms with Crippen LogP contribution in [0.4, 0.5) is 5.82 Å². The van der Waals surface area contributed by atoms with E-state index >= 15 is 0 Å². The van der Waals surface area contributed by atoms with Crippen LogP contribution in [-0.2, 0) is 6.42 Å². The lowest BCUT2D eigenvalue weighted by Gasteiger charge is -2.23. The highest BCUT2D eigenvalue weighted by Crippen LogP contribution is 2.33. The zero-order chi connectivity index (χ0) is 12.3. The number of likely N-dealkylation sites (N-methyl/N-ethyl adjacent to an activating group) is 1. The third kappa shape index (κ3) is 2.97. The van der Waals surface area contributed by atoms with E-state index in [-0.39, 0.29) is 0 Å². The lowest BCUT2D eigenvalue weighted by atomic mass is 9.92. The molecule has 17 heavy (non-hydrogen) atoms. The standard InChI is InChI=1S/C14H23N3/c1-10-5-6-11(8-10)13(16-2)9-12-4-3-7-17-14(12)15/h3-4,7,10-11,13,16H,5-6,8-9H2,1-2H3,(H2,15,17). The van der Waals surface area contributed by atoms with Crippen molar-refractivity contribution >= 4 is 5.82 Å². The fourth-order valence-corrected chi connectivity index (χ4v) is 2.98. The highest BCUT2D eigenvalue weighted by Gasteiger charge is 2.28. The van der Waals surface area contributed by atoms with Crippen LogP contribution in [0.2, 0.25) is 0 Å². The number of nitrogens with zero attached hydrogens (tertiary/aromatic N) is 1. The van der Waals surface area contributed by atoms with E-state index in [0.29, 0.717) is 11.9 Å². The highest BCUT2D eigenvalue weighted by molar-refractivity contribution is 5.39. The largest absolute Gasteiger partial charge is 0.383 e. The summed E-state index contributed by atoms with van der Waals surface area (Å²) in [6.07, 6.45) is 6.79. The Labute approximate surface area is 104 Å². The first-order chi connectivity index (χ1) is 8.20. The molecule has 2 rings (SSSR count). The molecular weight excluding hydrogens is 210 g/mol. The average molecular weight is 233 g/mol. The minimum absolute atomic E-state index is 0.534. The fourth-order valence-electron chi connectivity index (χ4n) is 2.98. The van der Waals surface area contributed by atoms with Crippen LogP contribution >= 0.6 is 0 Å². The molecule has 3 unspecified atom stereocenters. The summed E-state index contributed by atoms with van der Waals surface area (Å²) in [4.78, 5) is 4.16. The molecule has 1 heterocycles. The summed E-state index contributed by atoms with van der Waals surface area (Å²) in [6, 6.07) is 4.59. The van der Waals surface area contributed by atoms with Gasteiger partial charge in [0.2, 0.25) is 0 Å². The van der Waals surface area contributed by atoms with Gasteiger partial charge in [0.25, 0.3) is 0 Å². The summed E-state index contributed by atoms with van der Waals surface area (Å²) in [5.74, 6) is 2.34. The van der Waals surface area contributed by atoms with E-state index in [1.54, 1.807) is 6.20 Å². The number of pyridine rings is 1. The Balaban J connectivity index is 2.03. The van der Waals surface area contributed by atoms with Crippen molar-refractivity contribution in [2.24, 2.45) is 11.8 Å². The molecule has 3 N–H and O–H groups in total. The molecule has 3 heteroatoms. The van der Waals surface area contributed by atoms with Gasteiger partial charge in [-0.3, -0.25) is 0 Å². The molecule has 1 aliphatic rings. The van der Waals surface area contributed by atoms with Gasteiger partial charge in [-0.15, -0.1) is 0 Å². The predicted molar refractivity (Wildman–Crippen MR) is 71.7 cm³/mol. The highest BCUT2D eigenvalue weighted by atomic mass is 14.9. The topological polar surface area (TPSA) is 50.9 Å². The van der Waals surface area contributed by atoms with E-state index < -0.39 is 0 Å². The van der Waals surface area contributed by atoms with Gasteiger partial charge < -0.3 is 11.1 Å². The minimum atomic E-state index is 0.534. The summed E-state index contributed by atoms with van der Waals surface area (Å²) in [5, 5.41) is 3.46. The van der Waals surface area contributed by atoms with E-state index in [1.807, 2.05) is 6.07 Å². The first-order valence-corrected chi connectivity index (χ1v) is 6.57. The molecule has 0 aliphatic heterocycles. The number of nitrogen functional groups attached to an aromatic ring is 1. The van der Waals surface area contributed by atoms with Crippen molar-refractivity contribution in [3.05, 3.63) is 23.9 Å². The SMILES string of the molecule is CNC(Cc1cccnc1N)C1CCC(C)C1. The van der Waals surface area contributed by atoms with Crippen molar-refractivity contribution in [3.63, 3.8) is 0 Å². The molecule has 94 valence electrons. The van der Waals surface area contributed by atoms with Gasteiger partial charge in [0.1, 0.15) is 5.82 Å². The smallest absolute Gasteiger partial charge is 0.126 e. The van der Waals surface area contributed by atoms with Crippen LogP contribution in [0.5, 0.6) is 0 Å². The maximum Gasteiger partial charge on any atom is 0.126 e. The van der Waals surface area contributed by atoms with Crippen LogP contribution in [0, 0.1) is 11.8 Å². The molecule has 3 nitrogen and oxygen atoms in total. The van der Waals surface area contributed by atoms with E-state index in [2.05, 4.69) is 30.3 Å². The van der Waals surface area contributed by atoms with Gasteiger partial charge in [0.15, 0.2) is 0 Å². The lowest BCUT2D eigenvalue weighted by molar-refractivity contribution is 0.367. The fraction of sp³-hybridized carbons (Fsp3) is 0.643. The number of rotatable bonds is 4. The van der Waals surface area contributed by atoms with Crippen LogP contribution in [-0.4, -0.2) is 18.1 Å². The quantitative estimate of drug-likeness (QED) is 0.838. The number of anilines is 1. The van der Waals surface area contributed by atoms with E-state index in [0.717, 1.165) is 18.3 Å². The van der Waals surface area contributed by atoms with Gasteiger partial charge in [-0.1, -0.05) is 19.4 Å². The van der Waals surface area contributed by atoms with Crippen LogP contribution in [0.1, 0.15) is 31.7 Å². The maximum absolute atomic E-state index is 5.91. The first kappa shape index (κ1) is 12.4. The number of nitrogens with one attached hydrogen (secondary N) is 1. The second-order valence-corrected chi connectivity index (χ2v) is 5.33. The number of hydrogen-bond acceptors (Lipinski definition) is 3. The molecule has 1 fully saturated rings. The van der Waals surface area contributed by atoms with Crippen molar-refractivity contribution in [2.75, 3.05) is 12.8 Å². The van der Waals surface area contributed by atoms with Crippen molar-refractivity contribution in [2.45, 2.75) is 38.6 Å². The minimum Gasteiger partial charge on any atom is -0.383 e. The van der Waals surface area contributed by atoms with Gasteiger partial charge in [0.05, 0.1) is 0 Å². The van der Waals surface area contributed by atoms with Gasteiger partial charge in [-0.05, 0) is 49.8 Å². The summed E-state index contributed by atoms with van der Waals surface area (Å²) in [6.45, 7) is 2.35. The molecule has 1 aromatic rings. The molecule has 0 aromatic carbocycles. The second-order valence-electron chi connectivity index (χ2n) is 5.33. The van der Waals surface area contributed by atoms with Gasteiger partial charge in [0, 0.05) is 12.2 Å². The van der Waals surface area contributed by atoms with E-state index in [4.69, 9.17) is 5.73 Å². The van der Waals surface area contributed by atoms with Crippen molar-refractivity contribution < 1.29 is 0 Å². The Morgan fingerprint density at radius 3 is 2.94 bits per heavy atom. The second kappa shape index (κ2) is 5.50. The number of aromatic nitrogens is 1. The zero-order valence-electron chi connectivity index (χ0n) is 10.8. The van der Waals surface area contributed by atoms with Crippen molar-refractivity contribution in [3.8, 4) is 0 Å². The molecule has 3 atom stereocenters. The number of hydrogen-bond donors (Lipinski definition) is 2. The lowest BCUT2D eigenvalue weighted by Crippen LogP contribution is -2.34. The van der Waals surface area contributed by atoms with Crippen LogP contribution < -0.4 is 11.1 Å². The molecule has 0 radical (unpaired) electrons. The molecular formula is C14H23N3. The third-order valence-corrected chi connectivity index (χ3v) is 4.04. The van der Waals surface area contributed by atoms with Crippen LogP contribution in [0.25, 0.3) is 0 Å². The Bertz CT molecular complexity index is 364. The normalized spacial score (nSPS) is 26.0. The monoisotopic (exact) mass is 233 g/mol. The molecule has 1 saturated carbocycles. The molecule has 0 bridgehead atoms. The Morgan fingerprint density at radius 2 is 2.35 bits per heavy atom. The van der Waals surface area contributed by atoms with Gasteiger partial charge >= 0.3 is 0 Å². The molecule has 0 saturated heterocycles. The summed E-state index contributed by atoms with van der Waals surface area (Å²) in [7, 11) is 2.06. The summed E-state index contributed by atoms with van der Waals surface area (Å²) >= 11 is 0. The first-order valence-electron chi connectivity index (χ1n) is 6.57. The maximum atomic E-state index is 5.91. The van der Waals surface area contributed by atoms with Crippen molar-refractivity contribution in [1.82, 2.24) is 10.3 Å². The number of nitrogens with two attached hydrogens (primary N) is 1. The zero-order valence-corrected chi connectivity index (χ0v) is 10.8.